The van der Waals surface area contributed by atoms with Crippen molar-refractivity contribution < 1.29 is 4.79 Å². The molecule has 2 aromatic rings. The molecular weight excluding hydrogens is 330 g/mol. The molecule has 0 spiro atoms. The zero-order valence-electron chi connectivity index (χ0n) is 15.7. The highest BCUT2D eigenvalue weighted by Gasteiger charge is 2.32. The van der Waals surface area contributed by atoms with Gasteiger partial charge in [0.1, 0.15) is 6.54 Å². The van der Waals surface area contributed by atoms with E-state index in [9.17, 15) is 9.59 Å². The van der Waals surface area contributed by atoms with Gasteiger partial charge in [0.25, 0.3) is 5.56 Å². The van der Waals surface area contributed by atoms with E-state index in [0.29, 0.717) is 18.0 Å². The van der Waals surface area contributed by atoms with Crippen LogP contribution >= 0.6 is 0 Å². The van der Waals surface area contributed by atoms with Crippen LogP contribution in [-0.2, 0) is 18.4 Å². The third-order valence-corrected chi connectivity index (χ3v) is 5.25. The van der Waals surface area contributed by atoms with Gasteiger partial charge in [0, 0.05) is 31.5 Å². The van der Waals surface area contributed by atoms with Gasteiger partial charge < -0.3 is 9.88 Å². The van der Waals surface area contributed by atoms with Gasteiger partial charge in [0.05, 0.1) is 11.7 Å². The van der Waals surface area contributed by atoms with E-state index < -0.39 is 0 Å². The lowest BCUT2D eigenvalue weighted by Gasteiger charge is -2.39. The van der Waals surface area contributed by atoms with Crippen LogP contribution in [-0.4, -0.2) is 45.3 Å². The molecule has 1 saturated heterocycles. The van der Waals surface area contributed by atoms with Gasteiger partial charge in [-0.2, -0.15) is 5.10 Å². The molecule has 0 aliphatic carbocycles. The van der Waals surface area contributed by atoms with Gasteiger partial charge in [-0.1, -0.05) is 6.07 Å². The molecule has 0 aromatic carbocycles. The second-order valence-electron chi connectivity index (χ2n) is 7.14. The number of hydrogen-bond donors (Lipinski definition) is 1. The van der Waals surface area contributed by atoms with E-state index >= 15 is 0 Å². The molecular formula is C19H27N5O2. The molecule has 1 amide bonds. The third kappa shape index (κ3) is 3.88. The first-order chi connectivity index (χ1) is 12.5. The molecule has 1 N–H and O–H groups in total. The molecule has 2 aromatic heterocycles. The fourth-order valence-electron chi connectivity index (χ4n) is 3.85. The maximum Gasteiger partial charge on any atom is 0.253 e. The fraction of sp³-hybridized carbons (Fsp3) is 0.526. The molecule has 7 nitrogen and oxygen atoms in total. The van der Waals surface area contributed by atoms with Crippen LogP contribution in [0.4, 0.5) is 0 Å². The highest BCUT2D eigenvalue weighted by Crippen LogP contribution is 2.34. The Morgan fingerprint density at radius 2 is 2.15 bits per heavy atom. The van der Waals surface area contributed by atoms with Crippen molar-refractivity contribution in [3.05, 3.63) is 52.2 Å². The van der Waals surface area contributed by atoms with Crippen molar-refractivity contribution in [1.82, 2.24) is 24.6 Å². The summed E-state index contributed by atoms with van der Waals surface area (Å²) in [6.07, 6.45) is 5.65. The number of carbonyl (C=O) groups is 1. The van der Waals surface area contributed by atoms with Gasteiger partial charge in [0.15, 0.2) is 0 Å². The summed E-state index contributed by atoms with van der Waals surface area (Å²) in [5.74, 6) is 0.192. The van der Waals surface area contributed by atoms with Gasteiger partial charge >= 0.3 is 0 Å². The molecule has 0 unspecified atom stereocenters. The predicted molar refractivity (Wildman–Crippen MR) is 99.8 cm³/mol. The first-order valence-corrected chi connectivity index (χ1v) is 9.08. The van der Waals surface area contributed by atoms with Gasteiger partial charge in [-0.25, -0.2) is 0 Å². The number of piperidine rings is 1. The van der Waals surface area contributed by atoms with Crippen molar-refractivity contribution in [1.29, 1.82) is 0 Å². The number of hydrogen-bond acceptors (Lipinski definition) is 4. The van der Waals surface area contributed by atoms with Crippen LogP contribution in [0.1, 0.15) is 30.1 Å². The summed E-state index contributed by atoms with van der Waals surface area (Å²) in [6.45, 7) is 3.45. The number of carbonyl (C=O) groups excluding carboxylic acids is 1. The highest BCUT2D eigenvalue weighted by molar-refractivity contribution is 5.75. The number of aryl methyl sites for hydroxylation is 2. The standard InChI is InChI=1S/C19H27N5O2/c1-14-6-4-11-24(19(14)26)13-17(25)20-12-15-7-5-10-22(2)18(15)16-8-9-21-23(16)3/h4,6,8-9,11,15,18H,5,7,10,12-13H2,1-3H3,(H,20,25)/t15-,18+/m0/s1. The highest BCUT2D eigenvalue weighted by atomic mass is 16.2. The summed E-state index contributed by atoms with van der Waals surface area (Å²) in [7, 11) is 4.08. The van der Waals surface area contributed by atoms with Crippen molar-refractivity contribution >= 4 is 5.91 Å². The lowest BCUT2D eigenvalue weighted by atomic mass is 9.87. The van der Waals surface area contributed by atoms with Crippen LogP contribution in [0.3, 0.4) is 0 Å². The molecule has 7 heteroatoms. The number of aromatic nitrogens is 3. The lowest BCUT2D eigenvalue weighted by Crippen LogP contribution is -2.43. The second-order valence-corrected chi connectivity index (χ2v) is 7.14. The third-order valence-electron chi connectivity index (χ3n) is 5.25. The Labute approximate surface area is 153 Å². The van der Waals surface area contributed by atoms with Crippen LogP contribution in [0.15, 0.2) is 35.4 Å². The minimum absolute atomic E-state index is 0.0550. The molecule has 0 bridgehead atoms. The summed E-state index contributed by atoms with van der Waals surface area (Å²) in [5, 5.41) is 7.32. The molecule has 1 fully saturated rings. The zero-order chi connectivity index (χ0) is 18.7. The summed E-state index contributed by atoms with van der Waals surface area (Å²) < 4.78 is 3.36. The van der Waals surface area contributed by atoms with Crippen molar-refractivity contribution in [2.45, 2.75) is 32.4 Å². The van der Waals surface area contributed by atoms with E-state index in [-0.39, 0.29) is 24.1 Å². The number of likely N-dealkylation sites (tertiary alicyclic amines) is 1. The molecule has 2 atom stereocenters. The van der Waals surface area contributed by atoms with E-state index in [4.69, 9.17) is 0 Å². The van der Waals surface area contributed by atoms with Crippen molar-refractivity contribution in [2.75, 3.05) is 20.1 Å². The molecule has 26 heavy (non-hydrogen) atoms. The summed E-state index contributed by atoms with van der Waals surface area (Å²) in [6, 6.07) is 5.83. The van der Waals surface area contributed by atoms with E-state index in [1.807, 2.05) is 24.0 Å². The molecule has 140 valence electrons. The Morgan fingerprint density at radius 1 is 1.35 bits per heavy atom. The normalized spacial score (nSPS) is 20.9. The number of nitrogens with zero attached hydrogens (tertiary/aromatic N) is 4. The Balaban J connectivity index is 1.65. The summed E-state index contributed by atoms with van der Waals surface area (Å²) in [4.78, 5) is 26.8. The quantitative estimate of drug-likeness (QED) is 0.869. The van der Waals surface area contributed by atoms with E-state index in [1.54, 1.807) is 25.3 Å². The molecule has 1 aliphatic heterocycles. The smallest absolute Gasteiger partial charge is 0.253 e. The maximum absolute atomic E-state index is 12.4. The fourth-order valence-corrected chi connectivity index (χ4v) is 3.85. The summed E-state index contributed by atoms with van der Waals surface area (Å²) >= 11 is 0. The number of pyridine rings is 1. The lowest BCUT2D eigenvalue weighted by molar-refractivity contribution is -0.122. The monoisotopic (exact) mass is 357 g/mol. The second kappa shape index (κ2) is 7.86. The van der Waals surface area contributed by atoms with Crippen LogP contribution in [0.25, 0.3) is 0 Å². The van der Waals surface area contributed by atoms with E-state index in [0.717, 1.165) is 19.4 Å². The molecule has 1 aliphatic rings. The number of amides is 1. The minimum atomic E-state index is -0.130. The average molecular weight is 357 g/mol. The minimum Gasteiger partial charge on any atom is -0.354 e. The van der Waals surface area contributed by atoms with Gasteiger partial charge in [-0.15, -0.1) is 0 Å². The molecule has 3 heterocycles. The Morgan fingerprint density at radius 3 is 2.88 bits per heavy atom. The largest absolute Gasteiger partial charge is 0.354 e. The zero-order valence-corrected chi connectivity index (χ0v) is 15.7. The number of rotatable bonds is 5. The number of nitrogens with one attached hydrogen (secondary N) is 1. The van der Waals surface area contributed by atoms with Crippen LogP contribution < -0.4 is 10.9 Å². The van der Waals surface area contributed by atoms with Crippen LogP contribution in [0, 0.1) is 12.8 Å². The molecule has 3 rings (SSSR count). The van der Waals surface area contributed by atoms with Crippen molar-refractivity contribution in [2.24, 2.45) is 13.0 Å². The molecule has 0 saturated carbocycles. The van der Waals surface area contributed by atoms with Crippen molar-refractivity contribution in [3.8, 4) is 0 Å². The first-order valence-electron chi connectivity index (χ1n) is 9.08. The summed E-state index contributed by atoms with van der Waals surface area (Å²) in [5.41, 5.74) is 1.69. The molecule has 0 radical (unpaired) electrons. The van der Waals surface area contributed by atoms with Gasteiger partial charge in [0.2, 0.25) is 5.91 Å². The Bertz CT molecular complexity index is 825. The van der Waals surface area contributed by atoms with Gasteiger partial charge in [-0.3, -0.25) is 19.2 Å². The predicted octanol–water partition coefficient (Wildman–Crippen LogP) is 1.09. The topological polar surface area (TPSA) is 72.2 Å². The SMILES string of the molecule is Cc1cccn(CC(=O)NC[C@@H]2CCCN(C)[C@H]2c2ccnn2C)c1=O. The van der Waals surface area contributed by atoms with Crippen LogP contribution in [0.2, 0.25) is 0 Å². The Hall–Kier alpha value is -2.41. The van der Waals surface area contributed by atoms with E-state index in [1.165, 1.54) is 10.3 Å². The van der Waals surface area contributed by atoms with Crippen LogP contribution in [0.5, 0.6) is 0 Å². The average Bonchev–Trinajstić information content (AvgIpc) is 3.03. The van der Waals surface area contributed by atoms with Crippen molar-refractivity contribution in [3.63, 3.8) is 0 Å². The Kier molecular flexibility index (Phi) is 5.56. The first kappa shape index (κ1) is 18.4. The van der Waals surface area contributed by atoms with E-state index in [2.05, 4.69) is 22.4 Å². The van der Waals surface area contributed by atoms with Gasteiger partial charge in [-0.05, 0) is 51.4 Å². The maximum atomic E-state index is 12.4.